The monoisotopic (exact) mass is 414 g/mol. The predicted octanol–water partition coefficient (Wildman–Crippen LogP) is 6.69. The van der Waals surface area contributed by atoms with Crippen molar-refractivity contribution >= 4 is 5.97 Å². The SMILES string of the molecule is CC(C(=O)O)(c1ccc(-c2ccccc2)c(F)c1)c1ccc(-c2ccccc2)c(F)c1. The molecular weight excluding hydrogens is 394 g/mol. The Morgan fingerprint density at radius 2 is 1.06 bits per heavy atom. The molecule has 4 heteroatoms. The highest BCUT2D eigenvalue weighted by atomic mass is 19.1. The van der Waals surface area contributed by atoms with E-state index in [9.17, 15) is 18.7 Å². The summed E-state index contributed by atoms with van der Waals surface area (Å²) in [6.07, 6.45) is 0. The molecule has 0 saturated heterocycles. The van der Waals surface area contributed by atoms with E-state index in [1.807, 2.05) is 12.1 Å². The molecule has 0 saturated carbocycles. The van der Waals surface area contributed by atoms with E-state index in [1.165, 1.54) is 19.1 Å². The van der Waals surface area contributed by atoms with Gasteiger partial charge in [-0.15, -0.1) is 0 Å². The van der Waals surface area contributed by atoms with E-state index in [-0.39, 0.29) is 11.1 Å². The second kappa shape index (κ2) is 8.15. The number of carboxylic acids is 1. The molecule has 4 aromatic rings. The zero-order valence-corrected chi connectivity index (χ0v) is 16.8. The first-order chi connectivity index (χ1) is 14.9. The molecule has 31 heavy (non-hydrogen) atoms. The summed E-state index contributed by atoms with van der Waals surface area (Å²) in [6, 6.07) is 26.8. The van der Waals surface area contributed by atoms with E-state index in [2.05, 4.69) is 0 Å². The van der Waals surface area contributed by atoms with Crippen molar-refractivity contribution in [2.45, 2.75) is 12.3 Å². The summed E-state index contributed by atoms with van der Waals surface area (Å²) in [5, 5.41) is 10.0. The lowest BCUT2D eigenvalue weighted by atomic mass is 9.75. The number of halogens is 2. The first kappa shape index (κ1) is 20.5. The number of carboxylic acid groups (broad SMARTS) is 1. The number of hydrogen-bond acceptors (Lipinski definition) is 1. The maximum absolute atomic E-state index is 14.9. The molecule has 0 aliphatic rings. The Bertz CT molecular complexity index is 1150. The Morgan fingerprint density at radius 1 is 0.677 bits per heavy atom. The van der Waals surface area contributed by atoms with Crippen LogP contribution in [-0.2, 0) is 10.2 Å². The predicted molar refractivity (Wildman–Crippen MR) is 118 cm³/mol. The lowest BCUT2D eigenvalue weighted by molar-refractivity contribution is -0.141. The molecule has 0 spiro atoms. The van der Waals surface area contributed by atoms with E-state index in [4.69, 9.17) is 0 Å². The Balaban J connectivity index is 1.79. The fourth-order valence-corrected chi connectivity index (χ4v) is 3.77. The van der Waals surface area contributed by atoms with Crippen LogP contribution in [0.5, 0.6) is 0 Å². The number of aliphatic carboxylic acids is 1. The maximum atomic E-state index is 14.9. The van der Waals surface area contributed by atoms with Crippen LogP contribution in [0.3, 0.4) is 0 Å². The Labute approximate surface area is 179 Å². The number of rotatable bonds is 5. The molecule has 0 bridgehead atoms. The van der Waals surface area contributed by atoms with Gasteiger partial charge >= 0.3 is 5.97 Å². The highest BCUT2D eigenvalue weighted by molar-refractivity contribution is 5.86. The largest absolute Gasteiger partial charge is 0.480 e. The van der Waals surface area contributed by atoms with E-state index in [0.29, 0.717) is 22.3 Å². The summed E-state index contributed by atoms with van der Waals surface area (Å²) in [5.41, 5.74) is 1.01. The summed E-state index contributed by atoms with van der Waals surface area (Å²) in [4.78, 5) is 12.3. The highest BCUT2D eigenvalue weighted by Crippen LogP contribution is 2.37. The van der Waals surface area contributed by atoms with Gasteiger partial charge in [0.1, 0.15) is 17.0 Å². The Hall–Kier alpha value is -3.79. The molecule has 0 atom stereocenters. The minimum atomic E-state index is -1.62. The average molecular weight is 414 g/mol. The van der Waals surface area contributed by atoms with Gasteiger partial charge in [-0.05, 0) is 41.3 Å². The first-order valence-corrected chi connectivity index (χ1v) is 9.85. The molecule has 0 unspecified atom stereocenters. The Kier molecular flexibility index (Phi) is 5.38. The van der Waals surface area contributed by atoms with Gasteiger partial charge in [-0.25, -0.2) is 8.78 Å². The van der Waals surface area contributed by atoms with Gasteiger partial charge in [0.05, 0.1) is 0 Å². The summed E-state index contributed by atoms with van der Waals surface area (Å²) in [5.74, 6) is -2.25. The molecule has 0 aliphatic carbocycles. The average Bonchev–Trinajstić information content (AvgIpc) is 2.79. The topological polar surface area (TPSA) is 37.3 Å². The molecule has 0 heterocycles. The lowest BCUT2D eigenvalue weighted by Gasteiger charge is -2.27. The number of carbonyl (C=O) groups is 1. The molecule has 0 fully saturated rings. The van der Waals surface area contributed by atoms with E-state index < -0.39 is 23.0 Å². The van der Waals surface area contributed by atoms with Gasteiger partial charge in [-0.2, -0.15) is 0 Å². The zero-order valence-electron chi connectivity index (χ0n) is 16.8. The van der Waals surface area contributed by atoms with Crippen molar-refractivity contribution in [2.75, 3.05) is 0 Å². The summed E-state index contributed by atoms with van der Waals surface area (Å²) in [7, 11) is 0. The molecule has 2 nitrogen and oxygen atoms in total. The van der Waals surface area contributed by atoms with Crippen LogP contribution in [0.1, 0.15) is 18.1 Å². The third kappa shape index (κ3) is 3.73. The van der Waals surface area contributed by atoms with Crippen molar-refractivity contribution in [2.24, 2.45) is 0 Å². The van der Waals surface area contributed by atoms with E-state index >= 15 is 0 Å². The normalized spacial score (nSPS) is 11.3. The van der Waals surface area contributed by atoms with Crippen LogP contribution in [0.15, 0.2) is 97.1 Å². The van der Waals surface area contributed by atoms with Crippen LogP contribution in [-0.4, -0.2) is 11.1 Å². The van der Waals surface area contributed by atoms with Crippen LogP contribution in [0.2, 0.25) is 0 Å². The van der Waals surface area contributed by atoms with Crippen molar-refractivity contribution in [3.8, 4) is 22.3 Å². The molecule has 0 aromatic heterocycles. The third-order valence-corrected chi connectivity index (χ3v) is 5.69. The second-order valence-corrected chi connectivity index (χ2v) is 7.55. The van der Waals surface area contributed by atoms with Gasteiger partial charge in [0.25, 0.3) is 0 Å². The van der Waals surface area contributed by atoms with Gasteiger partial charge in [-0.1, -0.05) is 84.9 Å². The fourth-order valence-electron chi connectivity index (χ4n) is 3.77. The lowest BCUT2D eigenvalue weighted by Crippen LogP contribution is -2.34. The summed E-state index contributed by atoms with van der Waals surface area (Å²) >= 11 is 0. The zero-order chi connectivity index (χ0) is 22.0. The summed E-state index contributed by atoms with van der Waals surface area (Å²) in [6.45, 7) is 1.46. The first-order valence-electron chi connectivity index (χ1n) is 9.85. The summed E-state index contributed by atoms with van der Waals surface area (Å²) < 4.78 is 29.9. The number of benzene rings is 4. The molecule has 1 N–H and O–H groups in total. The van der Waals surface area contributed by atoms with Gasteiger partial charge < -0.3 is 5.11 Å². The molecule has 4 aromatic carbocycles. The number of hydrogen-bond donors (Lipinski definition) is 1. The Morgan fingerprint density at radius 3 is 1.39 bits per heavy atom. The fraction of sp³-hybridized carbons (Fsp3) is 0.0741. The van der Waals surface area contributed by atoms with Crippen molar-refractivity contribution in [1.29, 1.82) is 0 Å². The molecule has 4 rings (SSSR count). The van der Waals surface area contributed by atoms with Crippen molar-refractivity contribution in [3.63, 3.8) is 0 Å². The molecule has 0 amide bonds. The van der Waals surface area contributed by atoms with Gasteiger partial charge in [-0.3, -0.25) is 4.79 Å². The van der Waals surface area contributed by atoms with Crippen LogP contribution < -0.4 is 0 Å². The van der Waals surface area contributed by atoms with Gasteiger partial charge in [0.2, 0.25) is 0 Å². The van der Waals surface area contributed by atoms with Gasteiger partial charge in [0.15, 0.2) is 0 Å². The second-order valence-electron chi connectivity index (χ2n) is 7.55. The van der Waals surface area contributed by atoms with Gasteiger partial charge in [0, 0.05) is 11.1 Å². The third-order valence-electron chi connectivity index (χ3n) is 5.69. The quantitative estimate of drug-likeness (QED) is 0.395. The van der Waals surface area contributed by atoms with Crippen LogP contribution >= 0.6 is 0 Å². The highest BCUT2D eigenvalue weighted by Gasteiger charge is 2.38. The molecular formula is C27H20F2O2. The van der Waals surface area contributed by atoms with Crippen LogP contribution in [0.25, 0.3) is 22.3 Å². The van der Waals surface area contributed by atoms with Crippen molar-refractivity contribution in [1.82, 2.24) is 0 Å². The van der Waals surface area contributed by atoms with E-state index in [1.54, 1.807) is 72.8 Å². The van der Waals surface area contributed by atoms with Crippen molar-refractivity contribution in [3.05, 3.63) is 120 Å². The standard InChI is InChI=1S/C27H20F2O2/c1-27(26(30)31,20-12-14-22(24(28)16-20)18-8-4-2-5-9-18)21-13-15-23(25(29)17-21)19-10-6-3-7-11-19/h2-17H,1H3,(H,30,31). The van der Waals surface area contributed by atoms with Crippen LogP contribution in [0.4, 0.5) is 8.78 Å². The van der Waals surface area contributed by atoms with E-state index in [0.717, 1.165) is 0 Å². The molecule has 154 valence electrons. The molecule has 0 aliphatic heterocycles. The van der Waals surface area contributed by atoms with Crippen LogP contribution in [0, 0.1) is 11.6 Å². The smallest absolute Gasteiger partial charge is 0.318 e. The minimum absolute atomic E-state index is 0.240. The van der Waals surface area contributed by atoms with Crippen molar-refractivity contribution < 1.29 is 18.7 Å². The minimum Gasteiger partial charge on any atom is -0.480 e. The molecule has 0 radical (unpaired) electrons. The maximum Gasteiger partial charge on any atom is 0.318 e.